The van der Waals surface area contributed by atoms with Crippen LogP contribution in [0.5, 0.6) is 5.75 Å². The molecule has 0 aliphatic carbocycles. The van der Waals surface area contributed by atoms with Crippen molar-refractivity contribution in [1.82, 2.24) is 16.0 Å². The summed E-state index contributed by atoms with van der Waals surface area (Å²) in [7, 11) is 1.65. The maximum absolute atomic E-state index is 11.6. The maximum Gasteiger partial charge on any atom is 0.221 e. The number of guanidine groups is 1. The van der Waals surface area contributed by atoms with Gasteiger partial charge in [-0.05, 0) is 31.0 Å². The van der Waals surface area contributed by atoms with Crippen LogP contribution in [0, 0.1) is 0 Å². The van der Waals surface area contributed by atoms with E-state index in [9.17, 15) is 4.79 Å². The molecule has 1 aromatic carbocycles. The summed E-state index contributed by atoms with van der Waals surface area (Å²) >= 11 is 0. The molecule has 0 radical (unpaired) electrons. The molecule has 7 heteroatoms. The van der Waals surface area contributed by atoms with Gasteiger partial charge in [0.05, 0.1) is 13.7 Å². The number of benzene rings is 1. The zero-order valence-electron chi connectivity index (χ0n) is 14.7. The van der Waals surface area contributed by atoms with Gasteiger partial charge in [-0.25, -0.2) is 4.99 Å². The minimum absolute atomic E-state index is 0. The Bertz CT molecular complexity index is 509. The highest BCUT2D eigenvalue weighted by molar-refractivity contribution is 14.0. The molecule has 0 atom stereocenters. The maximum atomic E-state index is 11.6. The highest BCUT2D eigenvalue weighted by Crippen LogP contribution is 2.13. The normalized spacial score (nSPS) is 10.5. The number of carbonyl (C=O) groups excluding carboxylic acids is 1. The summed E-state index contributed by atoms with van der Waals surface area (Å²) in [5.74, 6) is 1.59. The third-order valence-electron chi connectivity index (χ3n) is 3.11. The Balaban J connectivity index is 0.00000529. The summed E-state index contributed by atoms with van der Waals surface area (Å²) in [5.41, 5.74) is 1.07. The Morgan fingerprint density at radius 2 is 1.96 bits per heavy atom. The molecular formula is C17H29IN4O2. The highest BCUT2D eigenvalue weighted by Gasteiger charge is 2.02. The molecule has 0 spiro atoms. The van der Waals surface area contributed by atoms with Crippen molar-refractivity contribution in [1.29, 1.82) is 0 Å². The fraction of sp³-hybridized carbons (Fsp3) is 0.529. The van der Waals surface area contributed by atoms with Gasteiger partial charge in [0.25, 0.3) is 0 Å². The van der Waals surface area contributed by atoms with Gasteiger partial charge in [-0.15, -0.1) is 24.0 Å². The molecular weight excluding hydrogens is 419 g/mol. The highest BCUT2D eigenvalue weighted by atomic mass is 127. The van der Waals surface area contributed by atoms with E-state index in [1.807, 2.05) is 38.1 Å². The van der Waals surface area contributed by atoms with Crippen molar-refractivity contribution in [3.8, 4) is 5.75 Å². The number of ether oxygens (including phenoxy) is 1. The predicted molar refractivity (Wildman–Crippen MR) is 109 cm³/mol. The topological polar surface area (TPSA) is 74.8 Å². The molecule has 0 aliphatic heterocycles. The molecule has 136 valence electrons. The summed E-state index contributed by atoms with van der Waals surface area (Å²) in [5, 5.41) is 9.20. The van der Waals surface area contributed by atoms with Crippen molar-refractivity contribution < 1.29 is 9.53 Å². The van der Waals surface area contributed by atoms with Gasteiger partial charge in [-0.2, -0.15) is 0 Å². The number of nitrogens with one attached hydrogen (secondary N) is 3. The Morgan fingerprint density at radius 1 is 1.17 bits per heavy atom. The molecule has 1 amide bonds. The van der Waals surface area contributed by atoms with Gasteiger partial charge in [0.2, 0.25) is 5.91 Å². The van der Waals surface area contributed by atoms with Crippen molar-refractivity contribution in [2.45, 2.75) is 33.2 Å². The molecule has 0 fully saturated rings. The van der Waals surface area contributed by atoms with Gasteiger partial charge < -0.3 is 20.7 Å². The summed E-state index contributed by atoms with van der Waals surface area (Å²) < 4.78 is 5.21. The molecule has 24 heavy (non-hydrogen) atoms. The quantitative estimate of drug-likeness (QED) is 0.308. The standard InChI is InChI=1S/C17H28N4O2.HI/c1-4-10-19-16(22)9-11-20-17(18-5-2)21-13-14-7-6-8-15(12-14)23-3;/h6-8,12H,4-5,9-11,13H2,1-3H3,(H,19,22)(H2,18,20,21);1H. The fourth-order valence-corrected chi connectivity index (χ4v) is 1.93. The predicted octanol–water partition coefficient (Wildman–Crippen LogP) is 2.28. The Kier molecular flexibility index (Phi) is 13.0. The molecule has 1 rings (SSSR count). The van der Waals surface area contributed by atoms with Gasteiger partial charge in [-0.1, -0.05) is 19.1 Å². The van der Waals surface area contributed by atoms with Crippen LogP contribution >= 0.6 is 24.0 Å². The number of nitrogens with zero attached hydrogens (tertiary/aromatic N) is 1. The molecule has 0 unspecified atom stereocenters. The van der Waals surface area contributed by atoms with Crippen molar-refractivity contribution in [3.63, 3.8) is 0 Å². The van der Waals surface area contributed by atoms with Crippen LogP contribution in [0.3, 0.4) is 0 Å². The number of methoxy groups -OCH3 is 1. The largest absolute Gasteiger partial charge is 0.497 e. The minimum atomic E-state index is 0. The van der Waals surface area contributed by atoms with Crippen LogP contribution in [0.4, 0.5) is 0 Å². The number of halogens is 1. The van der Waals surface area contributed by atoms with E-state index in [4.69, 9.17) is 4.74 Å². The third kappa shape index (κ3) is 9.59. The lowest BCUT2D eigenvalue weighted by Crippen LogP contribution is -2.39. The van der Waals surface area contributed by atoms with E-state index in [0.29, 0.717) is 25.5 Å². The van der Waals surface area contributed by atoms with Crippen molar-refractivity contribution in [2.75, 3.05) is 26.7 Å². The molecule has 0 saturated heterocycles. The lowest BCUT2D eigenvalue weighted by Gasteiger charge is -2.11. The summed E-state index contributed by atoms with van der Waals surface area (Å²) in [6.45, 7) is 6.65. The molecule has 1 aromatic rings. The van der Waals surface area contributed by atoms with E-state index >= 15 is 0 Å². The lowest BCUT2D eigenvalue weighted by molar-refractivity contribution is -0.120. The first-order valence-electron chi connectivity index (χ1n) is 8.11. The van der Waals surface area contributed by atoms with E-state index in [1.165, 1.54) is 0 Å². The van der Waals surface area contributed by atoms with Crippen LogP contribution in [-0.4, -0.2) is 38.6 Å². The Labute approximate surface area is 161 Å². The number of amides is 1. The number of aliphatic imine (C=N–C) groups is 1. The van der Waals surface area contributed by atoms with Gasteiger partial charge >= 0.3 is 0 Å². The van der Waals surface area contributed by atoms with Gasteiger partial charge in [0.1, 0.15) is 5.75 Å². The van der Waals surface area contributed by atoms with Crippen LogP contribution in [0.2, 0.25) is 0 Å². The SMILES string of the molecule is CCCNC(=O)CCNC(=NCc1cccc(OC)c1)NCC.I. The monoisotopic (exact) mass is 448 g/mol. The average Bonchev–Trinajstić information content (AvgIpc) is 2.58. The lowest BCUT2D eigenvalue weighted by atomic mass is 10.2. The van der Waals surface area contributed by atoms with E-state index in [0.717, 1.165) is 30.8 Å². The van der Waals surface area contributed by atoms with Crippen molar-refractivity contribution in [2.24, 2.45) is 4.99 Å². The van der Waals surface area contributed by atoms with Crippen LogP contribution in [0.1, 0.15) is 32.3 Å². The van der Waals surface area contributed by atoms with Crippen LogP contribution in [0.25, 0.3) is 0 Å². The van der Waals surface area contributed by atoms with Crippen LogP contribution < -0.4 is 20.7 Å². The first kappa shape index (κ1) is 22.5. The molecule has 0 bridgehead atoms. The fourth-order valence-electron chi connectivity index (χ4n) is 1.93. The second kappa shape index (κ2) is 13.9. The van der Waals surface area contributed by atoms with Gasteiger partial charge in [-0.3, -0.25) is 4.79 Å². The summed E-state index contributed by atoms with van der Waals surface area (Å²) in [6.07, 6.45) is 1.38. The molecule has 6 nitrogen and oxygen atoms in total. The van der Waals surface area contributed by atoms with E-state index in [1.54, 1.807) is 7.11 Å². The molecule has 0 saturated carbocycles. The summed E-state index contributed by atoms with van der Waals surface area (Å²) in [6, 6.07) is 7.83. The second-order valence-electron chi connectivity index (χ2n) is 5.07. The van der Waals surface area contributed by atoms with Crippen molar-refractivity contribution in [3.05, 3.63) is 29.8 Å². The van der Waals surface area contributed by atoms with Gasteiger partial charge in [0.15, 0.2) is 5.96 Å². The zero-order chi connectivity index (χ0) is 16.9. The Hall–Kier alpha value is -1.51. The zero-order valence-corrected chi connectivity index (χ0v) is 17.1. The molecule has 0 aliphatic rings. The summed E-state index contributed by atoms with van der Waals surface area (Å²) in [4.78, 5) is 16.1. The third-order valence-corrected chi connectivity index (χ3v) is 3.11. The molecule has 0 aromatic heterocycles. The molecule has 3 N–H and O–H groups in total. The van der Waals surface area contributed by atoms with E-state index in [-0.39, 0.29) is 29.9 Å². The first-order valence-corrected chi connectivity index (χ1v) is 8.11. The van der Waals surface area contributed by atoms with Crippen molar-refractivity contribution >= 4 is 35.8 Å². The smallest absolute Gasteiger partial charge is 0.221 e. The Morgan fingerprint density at radius 3 is 2.62 bits per heavy atom. The minimum Gasteiger partial charge on any atom is -0.497 e. The molecule has 0 heterocycles. The van der Waals surface area contributed by atoms with Gasteiger partial charge in [0, 0.05) is 26.1 Å². The average molecular weight is 448 g/mol. The van der Waals surface area contributed by atoms with Crippen LogP contribution in [-0.2, 0) is 11.3 Å². The van der Waals surface area contributed by atoms with E-state index in [2.05, 4.69) is 20.9 Å². The van der Waals surface area contributed by atoms with Crippen LogP contribution in [0.15, 0.2) is 29.3 Å². The number of hydrogen-bond donors (Lipinski definition) is 3. The number of hydrogen-bond acceptors (Lipinski definition) is 3. The van der Waals surface area contributed by atoms with E-state index < -0.39 is 0 Å². The number of carbonyl (C=O) groups is 1. The first-order chi connectivity index (χ1) is 11.2. The number of rotatable bonds is 9. The second-order valence-corrected chi connectivity index (χ2v) is 5.07.